The van der Waals surface area contributed by atoms with E-state index in [4.69, 9.17) is 8.83 Å². The van der Waals surface area contributed by atoms with Crippen molar-refractivity contribution in [3.05, 3.63) is 89.8 Å². The molecule has 0 atom stereocenters. The summed E-state index contributed by atoms with van der Waals surface area (Å²) in [6.45, 7) is 1.34. The fourth-order valence-corrected chi connectivity index (χ4v) is 3.60. The van der Waals surface area contributed by atoms with Crippen LogP contribution >= 0.6 is 0 Å². The average molecular weight is 464 g/mol. The predicted octanol–water partition coefficient (Wildman–Crippen LogP) is 4.55. The molecule has 8 heteroatoms. The van der Waals surface area contributed by atoms with Crippen molar-refractivity contribution in [2.45, 2.75) is 13.0 Å². The predicted molar refractivity (Wildman–Crippen MR) is 127 cm³/mol. The second-order valence-electron chi connectivity index (χ2n) is 8.26. The number of carbonyl (C=O) groups is 2. The first-order chi connectivity index (χ1) is 16.4. The summed E-state index contributed by atoms with van der Waals surface area (Å²) >= 11 is 0. The van der Waals surface area contributed by atoms with Gasteiger partial charge in [-0.25, -0.2) is 4.39 Å². The molecule has 0 aliphatic rings. The second kappa shape index (κ2) is 10.4. The lowest BCUT2D eigenvalue weighted by Crippen LogP contribution is -2.36. The fourth-order valence-electron chi connectivity index (χ4n) is 3.60. The molecule has 34 heavy (non-hydrogen) atoms. The van der Waals surface area contributed by atoms with E-state index >= 15 is 0 Å². The Morgan fingerprint density at radius 1 is 0.971 bits per heavy atom. The molecular formula is C26H26FN3O4. The zero-order valence-electron chi connectivity index (χ0n) is 19.1. The van der Waals surface area contributed by atoms with E-state index in [1.807, 2.05) is 25.1 Å². The highest BCUT2D eigenvalue weighted by molar-refractivity contribution is 6.11. The van der Waals surface area contributed by atoms with Crippen molar-refractivity contribution in [1.29, 1.82) is 0 Å². The third-order valence-corrected chi connectivity index (χ3v) is 5.36. The normalized spacial score (nSPS) is 11.2. The van der Waals surface area contributed by atoms with E-state index in [0.29, 0.717) is 41.1 Å². The van der Waals surface area contributed by atoms with Gasteiger partial charge in [0.05, 0.1) is 19.2 Å². The number of halogens is 1. The molecule has 0 aliphatic carbocycles. The lowest BCUT2D eigenvalue weighted by Gasteiger charge is -2.23. The van der Waals surface area contributed by atoms with Crippen LogP contribution in [0.5, 0.6) is 0 Å². The van der Waals surface area contributed by atoms with Gasteiger partial charge in [-0.1, -0.05) is 24.3 Å². The Bertz CT molecular complexity index is 1260. The van der Waals surface area contributed by atoms with Crippen LogP contribution in [0, 0.1) is 5.82 Å². The minimum Gasteiger partial charge on any atom is -0.467 e. The molecule has 0 unspecified atom stereocenters. The van der Waals surface area contributed by atoms with Crippen LogP contribution < -0.4 is 5.32 Å². The van der Waals surface area contributed by atoms with Crippen molar-refractivity contribution >= 4 is 28.5 Å². The Hall–Kier alpha value is -3.91. The van der Waals surface area contributed by atoms with Crippen LogP contribution in [0.1, 0.15) is 21.9 Å². The van der Waals surface area contributed by atoms with Gasteiger partial charge in [-0.15, -0.1) is 0 Å². The third kappa shape index (κ3) is 5.52. The Morgan fingerprint density at radius 2 is 1.74 bits per heavy atom. The highest BCUT2D eigenvalue weighted by atomic mass is 19.1. The lowest BCUT2D eigenvalue weighted by molar-refractivity contribution is -0.115. The Morgan fingerprint density at radius 3 is 2.44 bits per heavy atom. The quantitative estimate of drug-likeness (QED) is 0.394. The van der Waals surface area contributed by atoms with Crippen molar-refractivity contribution in [2.75, 3.05) is 32.5 Å². The van der Waals surface area contributed by atoms with Crippen molar-refractivity contribution in [2.24, 2.45) is 0 Å². The van der Waals surface area contributed by atoms with Gasteiger partial charge in [0.15, 0.2) is 0 Å². The fraction of sp³-hybridized carbons (Fsp3) is 0.231. The number of hydrogen-bond donors (Lipinski definition) is 1. The van der Waals surface area contributed by atoms with Crippen molar-refractivity contribution < 1.29 is 22.8 Å². The Labute approximate surface area is 196 Å². The van der Waals surface area contributed by atoms with Crippen LogP contribution in [0.2, 0.25) is 0 Å². The number of benzene rings is 2. The van der Waals surface area contributed by atoms with E-state index in [-0.39, 0.29) is 36.4 Å². The van der Waals surface area contributed by atoms with E-state index in [0.717, 1.165) is 0 Å². The van der Waals surface area contributed by atoms with Gasteiger partial charge in [0, 0.05) is 18.5 Å². The monoisotopic (exact) mass is 463 g/mol. The number of para-hydroxylation sites is 1. The smallest absolute Gasteiger partial charge is 0.292 e. The van der Waals surface area contributed by atoms with Gasteiger partial charge >= 0.3 is 0 Å². The molecule has 4 rings (SSSR count). The van der Waals surface area contributed by atoms with Crippen LogP contribution in [0.25, 0.3) is 11.0 Å². The molecule has 0 saturated heterocycles. The van der Waals surface area contributed by atoms with Crippen LogP contribution in [-0.2, 0) is 17.8 Å². The summed E-state index contributed by atoms with van der Waals surface area (Å²) < 4.78 is 24.6. The van der Waals surface area contributed by atoms with Gasteiger partial charge in [-0.2, -0.15) is 0 Å². The molecule has 4 aromatic rings. The molecule has 0 fully saturated rings. The number of fused-ring (bicyclic) bond motifs is 1. The average Bonchev–Trinajstić information content (AvgIpc) is 3.46. The van der Waals surface area contributed by atoms with Crippen molar-refractivity contribution in [3.8, 4) is 0 Å². The first kappa shape index (κ1) is 23.3. The highest BCUT2D eigenvalue weighted by Crippen LogP contribution is 2.32. The number of nitrogens with one attached hydrogen (secondary N) is 1. The molecule has 2 aromatic carbocycles. The minimum absolute atomic E-state index is 0.0319. The molecule has 2 heterocycles. The van der Waals surface area contributed by atoms with Gasteiger partial charge in [0.2, 0.25) is 11.7 Å². The van der Waals surface area contributed by atoms with Crippen LogP contribution in [0.4, 0.5) is 10.1 Å². The summed E-state index contributed by atoms with van der Waals surface area (Å²) in [6, 6.07) is 16.5. The topological polar surface area (TPSA) is 78.9 Å². The third-order valence-electron chi connectivity index (χ3n) is 5.36. The van der Waals surface area contributed by atoms with E-state index in [1.54, 1.807) is 53.6 Å². The summed E-state index contributed by atoms with van der Waals surface area (Å²) in [6.07, 6.45) is 1.59. The molecule has 7 nitrogen and oxygen atoms in total. The Balaban J connectivity index is 1.63. The number of hydrogen-bond acceptors (Lipinski definition) is 5. The lowest BCUT2D eigenvalue weighted by atomic mass is 10.1. The summed E-state index contributed by atoms with van der Waals surface area (Å²) in [5, 5.41) is 3.48. The molecule has 176 valence electrons. The molecular weight excluding hydrogens is 437 g/mol. The summed E-state index contributed by atoms with van der Waals surface area (Å²) in [4.78, 5) is 30.1. The molecule has 0 aliphatic heterocycles. The SMILES string of the molecule is CN(C)CCN(Cc1ccco1)C(=O)c1oc2ccccc2c1NC(=O)Cc1ccc(F)cc1. The molecule has 2 amide bonds. The van der Waals surface area contributed by atoms with Gasteiger partial charge < -0.3 is 24.0 Å². The van der Waals surface area contributed by atoms with Gasteiger partial charge in [-0.05, 0) is 56.1 Å². The number of amides is 2. The first-order valence-electron chi connectivity index (χ1n) is 10.9. The number of furan rings is 2. The molecule has 1 N–H and O–H groups in total. The largest absolute Gasteiger partial charge is 0.467 e. The van der Waals surface area contributed by atoms with Crippen LogP contribution in [0.15, 0.2) is 75.8 Å². The maximum Gasteiger partial charge on any atom is 0.292 e. The number of likely N-dealkylation sites (N-methyl/N-ethyl adjacent to an activating group) is 1. The molecule has 0 bridgehead atoms. The highest BCUT2D eigenvalue weighted by Gasteiger charge is 2.27. The van der Waals surface area contributed by atoms with E-state index in [9.17, 15) is 14.0 Å². The number of anilines is 1. The molecule has 0 saturated carbocycles. The van der Waals surface area contributed by atoms with Crippen molar-refractivity contribution in [1.82, 2.24) is 9.80 Å². The molecule has 0 spiro atoms. The summed E-state index contributed by atoms with van der Waals surface area (Å²) in [5.41, 5.74) is 1.47. The van der Waals surface area contributed by atoms with Crippen LogP contribution in [-0.4, -0.2) is 48.8 Å². The van der Waals surface area contributed by atoms with E-state index in [1.165, 1.54) is 12.1 Å². The first-order valence-corrected chi connectivity index (χ1v) is 10.9. The molecule has 0 radical (unpaired) electrons. The zero-order valence-corrected chi connectivity index (χ0v) is 19.1. The summed E-state index contributed by atoms with van der Waals surface area (Å²) in [5.74, 6) is -0.360. The van der Waals surface area contributed by atoms with E-state index in [2.05, 4.69) is 5.32 Å². The second-order valence-corrected chi connectivity index (χ2v) is 8.26. The number of carbonyl (C=O) groups excluding carboxylic acids is 2. The standard InChI is InChI=1S/C26H26FN3O4/c1-29(2)13-14-30(17-20-6-5-15-33-20)26(32)25-24(21-7-3-4-8-22(21)34-25)28-23(31)16-18-9-11-19(27)12-10-18/h3-12,15H,13-14,16-17H2,1-2H3,(H,28,31). The minimum atomic E-state index is -0.368. The van der Waals surface area contributed by atoms with Crippen LogP contribution in [0.3, 0.4) is 0 Å². The number of nitrogens with zero attached hydrogens (tertiary/aromatic N) is 2. The maximum absolute atomic E-state index is 13.6. The van der Waals surface area contributed by atoms with Gasteiger partial charge in [0.25, 0.3) is 5.91 Å². The van der Waals surface area contributed by atoms with Gasteiger partial charge in [-0.3, -0.25) is 9.59 Å². The Kier molecular flexibility index (Phi) is 7.08. The van der Waals surface area contributed by atoms with E-state index < -0.39 is 0 Å². The number of rotatable bonds is 9. The maximum atomic E-state index is 13.6. The van der Waals surface area contributed by atoms with Gasteiger partial charge in [0.1, 0.15) is 22.8 Å². The zero-order chi connectivity index (χ0) is 24.1. The summed E-state index contributed by atoms with van der Waals surface area (Å²) in [7, 11) is 3.86. The van der Waals surface area contributed by atoms with Crippen molar-refractivity contribution in [3.63, 3.8) is 0 Å². The molecule has 2 aromatic heterocycles.